The zero-order valence-electron chi connectivity index (χ0n) is 18.9. The predicted octanol–water partition coefficient (Wildman–Crippen LogP) is 6.03. The first-order valence-corrected chi connectivity index (χ1v) is 11.4. The van der Waals surface area contributed by atoms with Crippen LogP contribution in [0.25, 0.3) is 0 Å². The lowest BCUT2D eigenvalue weighted by Gasteiger charge is -2.14. The standard InChI is InChI=1S/C26H27BrN2O4/c1-4-31-24-14-21(13-23(27)26(24)32-16-20-9-5-18(2)6-10-20)15-28-33-17-25(30)29-22-11-7-19(3)8-12-22/h5-15H,4,16-17H2,1-3H3,(H,29,30)/b28-15+. The molecular weight excluding hydrogens is 484 g/mol. The Kier molecular flexibility index (Phi) is 8.89. The Morgan fingerprint density at radius 2 is 1.67 bits per heavy atom. The van der Waals surface area contributed by atoms with Crippen LogP contribution in [0.3, 0.4) is 0 Å². The van der Waals surface area contributed by atoms with E-state index in [4.69, 9.17) is 14.3 Å². The summed E-state index contributed by atoms with van der Waals surface area (Å²) < 4.78 is 12.5. The molecule has 0 spiro atoms. The van der Waals surface area contributed by atoms with E-state index in [1.54, 1.807) is 0 Å². The summed E-state index contributed by atoms with van der Waals surface area (Å²) in [4.78, 5) is 17.2. The molecule has 1 N–H and O–H groups in total. The van der Waals surface area contributed by atoms with Crippen LogP contribution in [0.1, 0.15) is 29.2 Å². The van der Waals surface area contributed by atoms with Crippen LogP contribution in [-0.2, 0) is 16.2 Å². The van der Waals surface area contributed by atoms with Crippen molar-refractivity contribution in [3.05, 3.63) is 87.4 Å². The van der Waals surface area contributed by atoms with Gasteiger partial charge >= 0.3 is 0 Å². The fraction of sp³-hybridized carbons (Fsp3) is 0.231. The Balaban J connectivity index is 1.59. The first kappa shape index (κ1) is 24.3. The Morgan fingerprint density at radius 3 is 2.33 bits per heavy atom. The highest BCUT2D eigenvalue weighted by atomic mass is 79.9. The van der Waals surface area contributed by atoms with Gasteiger partial charge in [0.1, 0.15) is 6.61 Å². The van der Waals surface area contributed by atoms with Crippen molar-refractivity contribution in [2.45, 2.75) is 27.4 Å². The van der Waals surface area contributed by atoms with Crippen molar-refractivity contribution < 1.29 is 19.1 Å². The Morgan fingerprint density at radius 1 is 1.00 bits per heavy atom. The molecule has 0 aliphatic carbocycles. The maximum atomic E-state index is 12.0. The second-order valence-corrected chi connectivity index (χ2v) is 8.31. The minimum Gasteiger partial charge on any atom is -0.490 e. The molecule has 1 amide bonds. The van der Waals surface area contributed by atoms with Gasteiger partial charge in [0.2, 0.25) is 0 Å². The SMILES string of the molecule is CCOc1cc(/C=N/OCC(=O)Nc2ccc(C)cc2)cc(Br)c1OCc1ccc(C)cc1. The van der Waals surface area contributed by atoms with Crippen LogP contribution in [0.5, 0.6) is 11.5 Å². The quantitative estimate of drug-likeness (QED) is 0.267. The van der Waals surface area contributed by atoms with Gasteiger partial charge in [-0.15, -0.1) is 0 Å². The molecule has 3 aromatic rings. The fourth-order valence-corrected chi connectivity index (χ4v) is 3.51. The van der Waals surface area contributed by atoms with Gasteiger partial charge in [0.05, 0.1) is 17.3 Å². The van der Waals surface area contributed by atoms with Crippen molar-refractivity contribution in [1.82, 2.24) is 0 Å². The van der Waals surface area contributed by atoms with Crippen LogP contribution in [0.15, 0.2) is 70.3 Å². The number of halogens is 1. The van der Waals surface area contributed by atoms with Crippen molar-refractivity contribution in [1.29, 1.82) is 0 Å². The number of aryl methyl sites for hydroxylation is 2. The molecule has 0 aliphatic rings. The Labute approximate surface area is 202 Å². The minimum atomic E-state index is -0.285. The molecule has 0 heterocycles. The van der Waals surface area contributed by atoms with Crippen LogP contribution in [0, 0.1) is 13.8 Å². The summed E-state index contributed by atoms with van der Waals surface area (Å²) in [6, 6.07) is 19.4. The molecule has 0 saturated heterocycles. The number of anilines is 1. The molecular formula is C26H27BrN2O4. The zero-order chi connectivity index (χ0) is 23.6. The molecule has 3 aromatic carbocycles. The van der Waals surface area contributed by atoms with E-state index in [0.29, 0.717) is 30.4 Å². The second-order valence-electron chi connectivity index (χ2n) is 7.46. The molecule has 0 radical (unpaired) electrons. The van der Waals surface area contributed by atoms with E-state index in [0.717, 1.165) is 21.2 Å². The van der Waals surface area contributed by atoms with Crippen molar-refractivity contribution >= 4 is 33.7 Å². The third kappa shape index (κ3) is 7.64. The van der Waals surface area contributed by atoms with Gasteiger partial charge in [-0.2, -0.15) is 0 Å². The van der Waals surface area contributed by atoms with Crippen LogP contribution >= 0.6 is 15.9 Å². The molecule has 0 unspecified atom stereocenters. The third-order valence-electron chi connectivity index (χ3n) is 4.64. The average Bonchev–Trinajstić information content (AvgIpc) is 2.79. The normalized spacial score (nSPS) is 10.8. The van der Waals surface area contributed by atoms with Crippen molar-refractivity contribution in [3.8, 4) is 11.5 Å². The second kappa shape index (κ2) is 12.1. The molecule has 0 bridgehead atoms. The third-order valence-corrected chi connectivity index (χ3v) is 5.23. The monoisotopic (exact) mass is 510 g/mol. The van der Waals surface area contributed by atoms with E-state index in [2.05, 4.69) is 45.5 Å². The van der Waals surface area contributed by atoms with Crippen molar-refractivity contribution in [2.75, 3.05) is 18.5 Å². The first-order chi connectivity index (χ1) is 15.9. The van der Waals surface area contributed by atoms with E-state index < -0.39 is 0 Å². The first-order valence-electron chi connectivity index (χ1n) is 10.6. The number of hydrogen-bond donors (Lipinski definition) is 1. The van der Waals surface area contributed by atoms with Gasteiger partial charge in [-0.05, 0) is 66.5 Å². The largest absolute Gasteiger partial charge is 0.490 e. The number of carbonyl (C=O) groups is 1. The molecule has 0 aliphatic heterocycles. The highest BCUT2D eigenvalue weighted by Crippen LogP contribution is 2.37. The van der Waals surface area contributed by atoms with Crippen molar-refractivity contribution in [2.24, 2.45) is 5.16 Å². The number of hydrogen-bond acceptors (Lipinski definition) is 5. The van der Waals surface area contributed by atoms with Gasteiger partial charge in [0.25, 0.3) is 5.91 Å². The predicted molar refractivity (Wildman–Crippen MR) is 134 cm³/mol. The summed E-state index contributed by atoms with van der Waals surface area (Å²) in [5.74, 6) is 0.928. The van der Waals surface area contributed by atoms with Gasteiger partial charge in [-0.1, -0.05) is 52.7 Å². The molecule has 0 atom stereocenters. The fourth-order valence-electron chi connectivity index (χ4n) is 2.93. The lowest BCUT2D eigenvalue weighted by Crippen LogP contribution is -2.16. The van der Waals surface area contributed by atoms with Gasteiger partial charge in [-0.3, -0.25) is 4.79 Å². The topological polar surface area (TPSA) is 69.2 Å². The number of benzene rings is 3. The van der Waals surface area contributed by atoms with Gasteiger partial charge in [0.15, 0.2) is 18.1 Å². The lowest BCUT2D eigenvalue weighted by atomic mass is 10.2. The molecule has 172 valence electrons. The zero-order valence-corrected chi connectivity index (χ0v) is 20.5. The Bertz CT molecular complexity index is 1100. The van der Waals surface area contributed by atoms with Gasteiger partial charge < -0.3 is 19.6 Å². The highest BCUT2D eigenvalue weighted by Gasteiger charge is 2.12. The maximum Gasteiger partial charge on any atom is 0.265 e. The summed E-state index contributed by atoms with van der Waals surface area (Å²) in [6.45, 7) is 6.67. The molecule has 0 fully saturated rings. The molecule has 3 rings (SSSR count). The molecule has 7 heteroatoms. The van der Waals surface area contributed by atoms with Crippen LogP contribution in [-0.4, -0.2) is 25.3 Å². The molecule has 0 saturated carbocycles. The van der Waals surface area contributed by atoms with E-state index in [1.165, 1.54) is 11.8 Å². The van der Waals surface area contributed by atoms with Crippen LogP contribution in [0.2, 0.25) is 0 Å². The van der Waals surface area contributed by atoms with Gasteiger partial charge in [0, 0.05) is 11.3 Å². The maximum absolute atomic E-state index is 12.0. The summed E-state index contributed by atoms with van der Waals surface area (Å²) in [7, 11) is 0. The number of rotatable bonds is 10. The number of ether oxygens (including phenoxy) is 2. The summed E-state index contributed by atoms with van der Waals surface area (Å²) in [6.07, 6.45) is 1.52. The highest BCUT2D eigenvalue weighted by molar-refractivity contribution is 9.10. The van der Waals surface area contributed by atoms with Crippen LogP contribution < -0.4 is 14.8 Å². The van der Waals surface area contributed by atoms with E-state index in [-0.39, 0.29) is 12.5 Å². The number of carbonyl (C=O) groups excluding carboxylic acids is 1. The molecule has 33 heavy (non-hydrogen) atoms. The molecule has 0 aromatic heterocycles. The van der Waals surface area contributed by atoms with Crippen molar-refractivity contribution in [3.63, 3.8) is 0 Å². The average molecular weight is 511 g/mol. The number of oxime groups is 1. The molecule has 6 nitrogen and oxygen atoms in total. The number of nitrogens with zero attached hydrogens (tertiary/aromatic N) is 1. The summed E-state index contributed by atoms with van der Waals surface area (Å²) in [5, 5.41) is 6.67. The van der Waals surface area contributed by atoms with E-state index >= 15 is 0 Å². The number of nitrogens with one attached hydrogen (secondary N) is 1. The summed E-state index contributed by atoms with van der Waals surface area (Å²) >= 11 is 3.56. The lowest BCUT2D eigenvalue weighted by molar-refractivity contribution is -0.120. The van der Waals surface area contributed by atoms with Crippen LogP contribution in [0.4, 0.5) is 5.69 Å². The van der Waals surface area contributed by atoms with E-state index in [1.807, 2.05) is 62.4 Å². The van der Waals surface area contributed by atoms with Gasteiger partial charge in [-0.25, -0.2) is 0 Å². The minimum absolute atomic E-state index is 0.193. The number of amides is 1. The van der Waals surface area contributed by atoms with E-state index in [9.17, 15) is 4.79 Å². The summed E-state index contributed by atoms with van der Waals surface area (Å²) in [5.41, 5.74) is 4.85. The smallest absolute Gasteiger partial charge is 0.265 e. The Hall–Kier alpha value is -3.32.